The van der Waals surface area contributed by atoms with Crippen molar-refractivity contribution in [1.82, 2.24) is 4.98 Å². The Labute approximate surface area is 169 Å². The SMILES string of the molecule is CC(C)c1ccc(-c2cnc(CCC(=O)Nc3ccc(CC(=O)O)cc3)o2)cc1. The van der Waals surface area contributed by atoms with Gasteiger partial charge in [-0.1, -0.05) is 50.2 Å². The number of rotatable bonds is 8. The molecule has 3 rings (SSSR count). The van der Waals surface area contributed by atoms with Gasteiger partial charge in [0.2, 0.25) is 5.91 Å². The summed E-state index contributed by atoms with van der Waals surface area (Å²) in [6.45, 7) is 4.30. The molecule has 29 heavy (non-hydrogen) atoms. The van der Waals surface area contributed by atoms with E-state index in [1.165, 1.54) is 5.56 Å². The van der Waals surface area contributed by atoms with Gasteiger partial charge in [-0.2, -0.15) is 0 Å². The number of oxazole rings is 1. The van der Waals surface area contributed by atoms with Crippen molar-refractivity contribution in [3.05, 3.63) is 71.7 Å². The van der Waals surface area contributed by atoms with Crippen molar-refractivity contribution in [2.24, 2.45) is 0 Å². The molecule has 0 fully saturated rings. The second-order valence-corrected chi connectivity index (χ2v) is 7.21. The van der Waals surface area contributed by atoms with Crippen LogP contribution in [0.25, 0.3) is 11.3 Å². The topological polar surface area (TPSA) is 92.4 Å². The van der Waals surface area contributed by atoms with Gasteiger partial charge in [0.1, 0.15) is 0 Å². The summed E-state index contributed by atoms with van der Waals surface area (Å²) in [5.74, 6) is 0.630. The highest BCUT2D eigenvalue weighted by Crippen LogP contribution is 2.23. The normalized spacial score (nSPS) is 10.9. The molecule has 0 atom stereocenters. The molecule has 1 amide bonds. The number of benzene rings is 2. The van der Waals surface area contributed by atoms with Gasteiger partial charge < -0.3 is 14.8 Å². The fourth-order valence-electron chi connectivity index (χ4n) is 2.92. The van der Waals surface area contributed by atoms with Crippen molar-refractivity contribution in [2.75, 3.05) is 5.32 Å². The van der Waals surface area contributed by atoms with Crippen LogP contribution in [0.1, 0.15) is 43.2 Å². The molecule has 6 heteroatoms. The second kappa shape index (κ2) is 9.19. The van der Waals surface area contributed by atoms with Gasteiger partial charge in [0, 0.05) is 24.1 Å². The predicted molar refractivity (Wildman–Crippen MR) is 111 cm³/mol. The molecule has 0 saturated carbocycles. The van der Waals surface area contributed by atoms with Crippen LogP contribution in [0, 0.1) is 0 Å². The summed E-state index contributed by atoms with van der Waals surface area (Å²) in [6.07, 6.45) is 2.27. The van der Waals surface area contributed by atoms with Crippen LogP contribution < -0.4 is 5.32 Å². The van der Waals surface area contributed by atoms with E-state index in [9.17, 15) is 9.59 Å². The Kier molecular flexibility index (Phi) is 6.44. The van der Waals surface area contributed by atoms with Crippen molar-refractivity contribution >= 4 is 17.6 Å². The monoisotopic (exact) mass is 392 g/mol. The number of aromatic nitrogens is 1. The average Bonchev–Trinajstić information content (AvgIpc) is 3.17. The van der Waals surface area contributed by atoms with Crippen molar-refractivity contribution in [3.8, 4) is 11.3 Å². The summed E-state index contributed by atoms with van der Waals surface area (Å²) < 4.78 is 5.78. The number of aliphatic carboxylic acids is 1. The zero-order valence-corrected chi connectivity index (χ0v) is 16.5. The molecule has 0 aliphatic carbocycles. The van der Waals surface area contributed by atoms with Gasteiger partial charge in [-0.25, -0.2) is 4.98 Å². The van der Waals surface area contributed by atoms with Crippen LogP contribution in [0.2, 0.25) is 0 Å². The molecule has 0 aliphatic rings. The molecule has 3 aromatic rings. The van der Waals surface area contributed by atoms with Crippen LogP contribution in [-0.2, 0) is 22.4 Å². The summed E-state index contributed by atoms with van der Waals surface area (Å²) in [4.78, 5) is 27.1. The molecule has 1 aromatic heterocycles. The van der Waals surface area contributed by atoms with E-state index < -0.39 is 5.97 Å². The maximum absolute atomic E-state index is 12.2. The van der Waals surface area contributed by atoms with E-state index in [1.807, 2.05) is 12.1 Å². The Balaban J connectivity index is 1.52. The first kappa shape index (κ1) is 20.3. The van der Waals surface area contributed by atoms with Crippen molar-refractivity contribution < 1.29 is 19.1 Å². The number of nitrogens with one attached hydrogen (secondary N) is 1. The molecule has 0 radical (unpaired) electrons. The van der Waals surface area contributed by atoms with Crippen molar-refractivity contribution in [3.63, 3.8) is 0 Å². The number of carboxylic acid groups (broad SMARTS) is 1. The minimum atomic E-state index is -0.886. The van der Waals surface area contributed by atoms with Crippen LogP contribution >= 0.6 is 0 Å². The number of amides is 1. The molecule has 150 valence electrons. The number of aryl methyl sites for hydroxylation is 1. The van der Waals surface area contributed by atoms with E-state index in [2.05, 4.69) is 36.3 Å². The van der Waals surface area contributed by atoms with E-state index in [4.69, 9.17) is 9.52 Å². The summed E-state index contributed by atoms with van der Waals surface area (Å²) in [5.41, 5.74) is 3.53. The van der Waals surface area contributed by atoms with Crippen LogP contribution in [0.4, 0.5) is 5.69 Å². The third-order valence-corrected chi connectivity index (χ3v) is 4.57. The second-order valence-electron chi connectivity index (χ2n) is 7.21. The van der Waals surface area contributed by atoms with Gasteiger partial charge in [0.25, 0.3) is 0 Å². The number of carboxylic acids is 1. The highest BCUT2D eigenvalue weighted by Gasteiger charge is 2.10. The van der Waals surface area contributed by atoms with Gasteiger partial charge >= 0.3 is 5.97 Å². The molecule has 2 aromatic carbocycles. The fourth-order valence-corrected chi connectivity index (χ4v) is 2.92. The fraction of sp³-hybridized carbons (Fsp3) is 0.261. The van der Waals surface area contributed by atoms with E-state index in [0.29, 0.717) is 35.2 Å². The van der Waals surface area contributed by atoms with Gasteiger partial charge in [-0.3, -0.25) is 9.59 Å². The van der Waals surface area contributed by atoms with E-state index >= 15 is 0 Å². The standard InChI is InChI=1S/C23H24N2O4/c1-15(2)17-5-7-18(8-6-17)20-14-24-22(29-20)12-11-21(26)25-19-9-3-16(4-10-19)13-23(27)28/h3-10,14-15H,11-13H2,1-2H3,(H,25,26)(H,27,28). The molecular formula is C23H24N2O4. The van der Waals surface area contributed by atoms with E-state index in [-0.39, 0.29) is 18.7 Å². The van der Waals surface area contributed by atoms with Crippen LogP contribution in [0.3, 0.4) is 0 Å². The highest BCUT2D eigenvalue weighted by atomic mass is 16.4. The van der Waals surface area contributed by atoms with Crippen LogP contribution in [0.15, 0.2) is 59.1 Å². The number of carbonyl (C=O) groups excluding carboxylic acids is 1. The number of hydrogen-bond acceptors (Lipinski definition) is 4. The van der Waals surface area contributed by atoms with Gasteiger partial charge in [-0.15, -0.1) is 0 Å². The molecule has 0 saturated heterocycles. The Morgan fingerprint density at radius 2 is 1.76 bits per heavy atom. The first-order valence-electron chi connectivity index (χ1n) is 9.56. The van der Waals surface area contributed by atoms with Gasteiger partial charge in [0.15, 0.2) is 11.7 Å². The molecule has 0 bridgehead atoms. The lowest BCUT2D eigenvalue weighted by atomic mass is 10.0. The third-order valence-electron chi connectivity index (χ3n) is 4.57. The Morgan fingerprint density at radius 1 is 1.07 bits per heavy atom. The molecule has 6 nitrogen and oxygen atoms in total. The summed E-state index contributed by atoms with van der Waals surface area (Å²) >= 11 is 0. The van der Waals surface area contributed by atoms with Gasteiger partial charge in [-0.05, 0) is 29.2 Å². The molecule has 2 N–H and O–H groups in total. The lowest BCUT2D eigenvalue weighted by Crippen LogP contribution is -2.12. The maximum Gasteiger partial charge on any atom is 0.307 e. The zero-order chi connectivity index (χ0) is 20.8. The summed E-state index contributed by atoms with van der Waals surface area (Å²) in [7, 11) is 0. The van der Waals surface area contributed by atoms with Crippen LogP contribution in [0.5, 0.6) is 0 Å². The van der Waals surface area contributed by atoms with E-state index in [1.54, 1.807) is 30.5 Å². The largest absolute Gasteiger partial charge is 0.481 e. The number of hydrogen-bond donors (Lipinski definition) is 2. The zero-order valence-electron chi connectivity index (χ0n) is 16.5. The Hall–Kier alpha value is -3.41. The molecular weight excluding hydrogens is 368 g/mol. The first-order chi connectivity index (χ1) is 13.9. The van der Waals surface area contributed by atoms with Crippen molar-refractivity contribution in [2.45, 2.75) is 39.0 Å². The minimum absolute atomic E-state index is 0.0408. The third kappa shape index (κ3) is 5.78. The molecule has 0 spiro atoms. The first-order valence-corrected chi connectivity index (χ1v) is 9.56. The molecule has 0 aliphatic heterocycles. The van der Waals surface area contributed by atoms with Gasteiger partial charge in [0.05, 0.1) is 12.6 Å². The number of carbonyl (C=O) groups is 2. The molecule has 1 heterocycles. The van der Waals surface area contributed by atoms with E-state index in [0.717, 1.165) is 5.56 Å². The van der Waals surface area contributed by atoms with Crippen LogP contribution in [-0.4, -0.2) is 22.0 Å². The predicted octanol–water partition coefficient (Wildman–Crippen LogP) is 4.66. The Bertz CT molecular complexity index is 973. The summed E-state index contributed by atoms with van der Waals surface area (Å²) in [5, 5.41) is 11.6. The number of nitrogens with zero attached hydrogens (tertiary/aromatic N) is 1. The summed E-state index contributed by atoms with van der Waals surface area (Å²) in [6, 6.07) is 15.0. The quantitative estimate of drug-likeness (QED) is 0.581. The van der Waals surface area contributed by atoms with Crippen molar-refractivity contribution in [1.29, 1.82) is 0 Å². The smallest absolute Gasteiger partial charge is 0.307 e. The lowest BCUT2D eigenvalue weighted by Gasteiger charge is -2.05. The number of anilines is 1. The highest BCUT2D eigenvalue weighted by molar-refractivity contribution is 5.90. The Morgan fingerprint density at radius 3 is 2.38 bits per heavy atom. The molecule has 0 unspecified atom stereocenters. The lowest BCUT2D eigenvalue weighted by molar-refractivity contribution is -0.136. The minimum Gasteiger partial charge on any atom is -0.481 e. The maximum atomic E-state index is 12.2. The average molecular weight is 392 g/mol.